The highest BCUT2D eigenvalue weighted by atomic mass is 16.8. The fourth-order valence-corrected chi connectivity index (χ4v) is 3.71. The highest BCUT2D eigenvalue weighted by Gasteiger charge is 2.40. The molecule has 1 aliphatic heterocycles. The third-order valence-corrected chi connectivity index (χ3v) is 6.00. The fourth-order valence-electron chi connectivity index (χ4n) is 3.71. The van der Waals surface area contributed by atoms with Gasteiger partial charge in [-0.15, -0.1) is 0 Å². The Labute approximate surface area is 191 Å². The van der Waals surface area contributed by atoms with Gasteiger partial charge in [-0.1, -0.05) is 70.4 Å². The SMILES string of the molecule is CCCCCCCC/C=C\CCCCCCCC(=O)OCC1COC(C)(C(C)=NC)O1. The number of unbranched alkanes of at least 4 members (excludes halogenated alkanes) is 11. The highest BCUT2D eigenvalue weighted by Crippen LogP contribution is 2.25. The van der Waals surface area contributed by atoms with E-state index >= 15 is 0 Å². The molecule has 0 radical (unpaired) electrons. The molecule has 1 aliphatic rings. The zero-order chi connectivity index (χ0) is 22.8. The highest BCUT2D eigenvalue weighted by molar-refractivity contribution is 5.88. The lowest BCUT2D eigenvalue weighted by Crippen LogP contribution is -2.36. The molecule has 1 rings (SSSR count). The van der Waals surface area contributed by atoms with Gasteiger partial charge in [0.05, 0.1) is 12.3 Å². The van der Waals surface area contributed by atoms with Crippen molar-refractivity contribution in [3.8, 4) is 0 Å². The summed E-state index contributed by atoms with van der Waals surface area (Å²) in [5.41, 5.74) is 0.787. The Hall–Kier alpha value is -1.20. The van der Waals surface area contributed by atoms with Crippen LogP contribution in [0.2, 0.25) is 0 Å². The van der Waals surface area contributed by atoms with Gasteiger partial charge in [-0.25, -0.2) is 0 Å². The van der Waals surface area contributed by atoms with Crippen LogP contribution in [0.5, 0.6) is 0 Å². The zero-order valence-electron chi connectivity index (χ0n) is 20.6. The van der Waals surface area contributed by atoms with Crippen molar-refractivity contribution in [2.24, 2.45) is 4.99 Å². The normalized spacial score (nSPS) is 21.8. The van der Waals surface area contributed by atoms with Gasteiger partial charge < -0.3 is 14.2 Å². The summed E-state index contributed by atoms with van der Waals surface area (Å²) in [6.07, 6.45) is 21.2. The largest absolute Gasteiger partial charge is 0.463 e. The first-order chi connectivity index (χ1) is 15.0. The second kappa shape index (κ2) is 17.4. The first kappa shape index (κ1) is 27.8. The Balaban J connectivity index is 1.90. The molecule has 0 aromatic heterocycles. The maximum absolute atomic E-state index is 11.9. The zero-order valence-corrected chi connectivity index (χ0v) is 20.6. The Kier molecular flexibility index (Phi) is 15.6. The van der Waals surface area contributed by atoms with E-state index < -0.39 is 5.79 Å². The Morgan fingerprint density at radius 3 is 2.19 bits per heavy atom. The number of nitrogens with zero attached hydrogens (tertiary/aromatic N) is 1. The lowest BCUT2D eigenvalue weighted by Gasteiger charge is -2.22. The van der Waals surface area contributed by atoms with Gasteiger partial charge in [0.15, 0.2) is 0 Å². The van der Waals surface area contributed by atoms with Crippen molar-refractivity contribution in [2.45, 2.75) is 123 Å². The third kappa shape index (κ3) is 13.1. The number of ether oxygens (including phenoxy) is 3. The molecule has 0 amide bonds. The van der Waals surface area contributed by atoms with Crippen LogP contribution in [0.15, 0.2) is 17.1 Å². The molecule has 0 aromatic rings. The number of aliphatic imine (C=N–C) groups is 1. The van der Waals surface area contributed by atoms with Crippen LogP contribution in [0.4, 0.5) is 0 Å². The molecule has 0 spiro atoms. The lowest BCUT2D eigenvalue weighted by atomic mass is 10.1. The van der Waals surface area contributed by atoms with E-state index in [9.17, 15) is 4.79 Å². The molecular weight excluding hydrogens is 390 g/mol. The van der Waals surface area contributed by atoms with Gasteiger partial charge in [0, 0.05) is 13.5 Å². The molecule has 0 aliphatic carbocycles. The van der Waals surface area contributed by atoms with Gasteiger partial charge in [-0.3, -0.25) is 9.79 Å². The first-order valence-electron chi connectivity index (χ1n) is 12.6. The summed E-state index contributed by atoms with van der Waals surface area (Å²) in [4.78, 5) is 16.1. The number of allylic oxidation sites excluding steroid dienone is 2. The molecular formula is C26H47NO4. The minimum atomic E-state index is -0.796. The van der Waals surface area contributed by atoms with Gasteiger partial charge >= 0.3 is 5.97 Å². The van der Waals surface area contributed by atoms with Crippen LogP contribution in [0.1, 0.15) is 111 Å². The van der Waals surface area contributed by atoms with Crippen LogP contribution in [-0.2, 0) is 19.0 Å². The maximum atomic E-state index is 11.9. The smallest absolute Gasteiger partial charge is 0.305 e. The number of carbonyl (C=O) groups is 1. The predicted octanol–water partition coefficient (Wildman–Crippen LogP) is 6.79. The molecule has 1 heterocycles. The second-order valence-corrected chi connectivity index (χ2v) is 8.82. The van der Waals surface area contributed by atoms with E-state index in [0.717, 1.165) is 18.6 Å². The number of rotatable bonds is 18. The van der Waals surface area contributed by atoms with Crippen molar-refractivity contribution in [2.75, 3.05) is 20.3 Å². The molecule has 1 saturated heterocycles. The van der Waals surface area contributed by atoms with Crippen molar-refractivity contribution in [3.05, 3.63) is 12.2 Å². The second-order valence-electron chi connectivity index (χ2n) is 8.82. The van der Waals surface area contributed by atoms with Gasteiger partial charge in [0.2, 0.25) is 5.79 Å². The maximum Gasteiger partial charge on any atom is 0.305 e. The minimum absolute atomic E-state index is 0.143. The monoisotopic (exact) mass is 437 g/mol. The Morgan fingerprint density at radius 1 is 1.00 bits per heavy atom. The average molecular weight is 438 g/mol. The van der Waals surface area contributed by atoms with Crippen LogP contribution in [-0.4, -0.2) is 43.8 Å². The topological polar surface area (TPSA) is 57.1 Å². The van der Waals surface area contributed by atoms with E-state index in [1.54, 1.807) is 7.05 Å². The summed E-state index contributed by atoms with van der Waals surface area (Å²) in [7, 11) is 1.72. The standard InChI is InChI=1S/C26H47NO4/c1-5-6-7-8-9-10-11-12-13-14-15-16-17-18-19-20-25(28)29-21-24-22-30-26(3,31-24)23(2)27-4/h12-13,24H,5-11,14-22H2,1-4H3/b13-12-,27-23?. The number of hydrogen-bond acceptors (Lipinski definition) is 5. The van der Waals surface area contributed by atoms with Crippen LogP contribution >= 0.6 is 0 Å². The molecule has 5 heteroatoms. The quantitative estimate of drug-likeness (QED) is 0.102. The summed E-state index contributed by atoms with van der Waals surface area (Å²) in [5, 5.41) is 0. The van der Waals surface area contributed by atoms with Crippen molar-refractivity contribution in [1.82, 2.24) is 0 Å². The predicted molar refractivity (Wildman–Crippen MR) is 129 cm³/mol. The molecule has 180 valence electrons. The van der Waals surface area contributed by atoms with Gasteiger partial charge in [-0.2, -0.15) is 0 Å². The van der Waals surface area contributed by atoms with E-state index in [-0.39, 0.29) is 18.7 Å². The summed E-state index contributed by atoms with van der Waals surface area (Å²) < 4.78 is 16.9. The molecule has 0 saturated carbocycles. The van der Waals surface area contributed by atoms with Crippen LogP contribution < -0.4 is 0 Å². The van der Waals surface area contributed by atoms with Crippen molar-refractivity contribution < 1.29 is 19.0 Å². The van der Waals surface area contributed by atoms with Crippen molar-refractivity contribution >= 4 is 11.7 Å². The minimum Gasteiger partial charge on any atom is -0.463 e. The molecule has 2 atom stereocenters. The first-order valence-corrected chi connectivity index (χ1v) is 12.6. The van der Waals surface area contributed by atoms with Gasteiger partial charge in [0.25, 0.3) is 0 Å². The average Bonchev–Trinajstić information content (AvgIpc) is 3.16. The fraction of sp³-hybridized carbons (Fsp3) is 0.846. The summed E-state index contributed by atoms with van der Waals surface area (Å²) in [6.45, 7) is 6.66. The number of esters is 1. The summed E-state index contributed by atoms with van der Waals surface area (Å²) >= 11 is 0. The molecule has 5 nitrogen and oxygen atoms in total. The third-order valence-electron chi connectivity index (χ3n) is 6.00. The van der Waals surface area contributed by atoms with Gasteiger partial charge in [0.1, 0.15) is 12.7 Å². The molecule has 31 heavy (non-hydrogen) atoms. The van der Waals surface area contributed by atoms with E-state index in [1.165, 1.54) is 70.6 Å². The van der Waals surface area contributed by atoms with E-state index in [0.29, 0.717) is 13.0 Å². The molecule has 1 fully saturated rings. The Bertz CT molecular complexity index is 532. The van der Waals surface area contributed by atoms with E-state index in [4.69, 9.17) is 14.2 Å². The molecule has 2 unspecified atom stereocenters. The van der Waals surface area contributed by atoms with E-state index in [1.807, 2.05) is 13.8 Å². The number of hydrogen-bond donors (Lipinski definition) is 0. The molecule has 0 aromatic carbocycles. The summed E-state index contributed by atoms with van der Waals surface area (Å²) in [5.74, 6) is -0.939. The van der Waals surface area contributed by atoms with Crippen LogP contribution in [0.25, 0.3) is 0 Å². The molecule has 0 bridgehead atoms. The summed E-state index contributed by atoms with van der Waals surface area (Å²) in [6, 6.07) is 0. The van der Waals surface area contributed by atoms with Gasteiger partial charge in [-0.05, 0) is 46.0 Å². The molecule has 0 N–H and O–H groups in total. The number of carbonyl (C=O) groups excluding carboxylic acids is 1. The Morgan fingerprint density at radius 2 is 1.58 bits per heavy atom. The lowest BCUT2D eigenvalue weighted by molar-refractivity contribution is -0.150. The van der Waals surface area contributed by atoms with Crippen molar-refractivity contribution in [1.29, 1.82) is 0 Å². The van der Waals surface area contributed by atoms with Crippen molar-refractivity contribution in [3.63, 3.8) is 0 Å². The van der Waals surface area contributed by atoms with E-state index in [2.05, 4.69) is 24.1 Å². The van der Waals surface area contributed by atoms with Crippen LogP contribution in [0, 0.1) is 0 Å². The van der Waals surface area contributed by atoms with Crippen LogP contribution in [0.3, 0.4) is 0 Å².